The number of hydrazine groups is 1. The summed E-state index contributed by atoms with van der Waals surface area (Å²) in [4.78, 5) is 139. The van der Waals surface area contributed by atoms with Gasteiger partial charge < -0.3 is 54.2 Å². The number of carbonyl (C=O) groups excluding carboxylic acids is 6. The number of benzene rings is 1. The number of carboxylic acids is 3. The van der Waals surface area contributed by atoms with Gasteiger partial charge in [0, 0.05) is 23.4 Å². The van der Waals surface area contributed by atoms with E-state index in [2.05, 4.69) is 64.7 Å². The molecule has 2 heterocycles. The predicted molar refractivity (Wildman–Crippen MR) is 229 cm³/mol. The number of anilines is 2. The lowest BCUT2D eigenvalue weighted by Gasteiger charge is -2.25. The Labute approximate surface area is 372 Å². The Kier molecular flexibility index (Phi) is 20.4. The van der Waals surface area contributed by atoms with Crippen molar-refractivity contribution in [2.75, 3.05) is 23.3 Å². The number of aromatic nitrogens is 4. The number of H-pyrrole nitrogens is 1. The van der Waals surface area contributed by atoms with Gasteiger partial charge >= 0.3 is 17.9 Å². The molecule has 0 unspecified atom stereocenters. The summed E-state index contributed by atoms with van der Waals surface area (Å²) in [6.07, 6.45) is -2.75. The summed E-state index contributed by atoms with van der Waals surface area (Å²) in [5.41, 5.74) is 27.2. The lowest BCUT2D eigenvalue weighted by Crippen LogP contribution is -2.60. The molecule has 29 heteroatoms. The largest absolute Gasteiger partial charge is 0.481 e. The van der Waals surface area contributed by atoms with E-state index in [1.807, 2.05) is 5.32 Å². The van der Waals surface area contributed by atoms with Crippen LogP contribution >= 0.6 is 12.6 Å². The lowest BCUT2D eigenvalue weighted by atomic mass is 10.0. The number of nitrogens with zero attached hydrogens (tertiary/aromatic N) is 3. The summed E-state index contributed by atoms with van der Waals surface area (Å²) in [5.74, 6) is -11.7. The number of hydrogen-bond acceptors (Lipinski definition) is 22. The minimum absolute atomic E-state index is 0.0197. The maximum Gasteiger partial charge on any atom is 0.326 e. The first-order valence-electron chi connectivity index (χ1n) is 19.4. The van der Waals surface area contributed by atoms with Crippen LogP contribution in [0, 0.1) is 0 Å². The molecule has 0 spiro atoms. The number of carboxylic acid groups (broad SMARTS) is 3. The average molecular weight is 932 g/mol. The molecule has 0 radical (unpaired) electrons. The molecule has 2 aromatic heterocycles. The number of rotatable bonds is 28. The molecule has 352 valence electrons. The van der Waals surface area contributed by atoms with E-state index in [4.69, 9.17) is 22.9 Å². The van der Waals surface area contributed by atoms with E-state index in [9.17, 15) is 63.3 Å². The quantitative estimate of drug-likeness (QED) is 0.0106. The summed E-state index contributed by atoms with van der Waals surface area (Å²) >= 11 is 3.85. The van der Waals surface area contributed by atoms with Crippen LogP contribution in [-0.4, -0.2) is 137 Å². The molecule has 0 fully saturated rings. The Morgan fingerprint density at radius 3 is 2.05 bits per heavy atom. The van der Waals surface area contributed by atoms with Crippen LogP contribution in [0.1, 0.15) is 54.6 Å². The van der Waals surface area contributed by atoms with Gasteiger partial charge in [-0.3, -0.25) is 58.8 Å². The van der Waals surface area contributed by atoms with Crippen LogP contribution in [0.15, 0.2) is 35.3 Å². The minimum atomic E-state index is -1.88. The number of fused-ring (bicyclic) bond motifs is 1. The fourth-order valence-electron chi connectivity index (χ4n) is 5.57. The predicted octanol–water partition coefficient (Wildman–Crippen LogP) is -5.25. The third-order valence-corrected chi connectivity index (χ3v) is 9.31. The van der Waals surface area contributed by atoms with Gasteiger partial charge in [-0.1, -0.05) is 0 Å². The van der Waals surface area contributed by atoms with E-state index in [1.165, 1.54) is 30.5 Å². The van der Waals surface area contributed by atoms with Crippen molar-refractivity contribution in [1.29, 1.82) is 0 Å². The fraction of sp³-hybridized carbons (Fsp3) is 0.417. The fourth-order valence-corrected chi connectivity index (χ4v) is 5.74. The first-order chi connectivity index (χ1) is 30.7. The van der Waals surface area contributed by atoms with E-state index in [1.54, 1.807) is 0 Å². The number of amides is 4. The van der Waals surface area contributed by atoms with E-state index in [0.29, 0.717) is 11.4 Å². The maximum atomic E-state index is 13.4. The lowest BCUT2D eigenvalue weighted by molar-refractivity contribution is -0.144. The number of carbonyl (C=O) groups is 9. The van der Waals surface area contributed by atoms with Crippen LogP contribution in [0.25, 0.3) is 11.2 Å². The smallest absolute Gasteiger partial charge is 0.326 e. The molecule has 0 aliphatic carbocycles. The molecule has 4 amide bonds. The first kappa shape index (κ1) is 52.3. The standard InChI is InChI=1S/C36H49N15O13S/c37-18(14-65)27(57)28(58)21(10-24(53)54)46-31(60)19(2-1-9-41-35(38)39)50-51-22(11-25(55)56)32(61)47-23(52)8-7-20(34(63)64)45-30(59)15-3-5-16(6-4-15)42-12-17-13-43-29-26(44-17)33(62)49-36(40)48-29/h3-6,13,18-22,35,41-42,50-51,65H,1-2,7-12,14,37-39H2,(H,45,59)(H,46,60)(H,53,54)(H,55,56)(H,63,64)(H,47,52,61)(H3,40,43,48,49,62)/t18-,19-,20-,21-,22-/m0/s1. The highest BCUT2D eigenvalue weighted by molar-refractivity contribution is 7.80. The van der Waals surface area contributed by atoms with Crippen molar-refractivity contribution in [3.05, 3.63) is 52.1 Å². The number of imide groups is 1. The average Bonchev–Trinajstić information content (AvgIpc) is 3.24. The van der Waals surface area contributed by atoms with Crippen molar-refractivity contribution in [3.63, 3.8) is 0 Å². The number of nitrogens with one attached hydrogen (secondary N) is 8. The molecule has 0 aliphatic rings. The molecule has 65 heavy (non-hydrogen) atoms. The van der Waals surface area contributed by atoms with E-state index in [0.717, 1.165) is 0 Å². The van der Waals surface area contributed by atoms with E-state index < -0.39 is 121 Å². The second-order valence-corrected chi connectivity index (χ2v) is 14.4. The Hall–Kier alpha value is -7.02. The van der Waals surface area contributed by atoms with E-state index in [-0.39, 0.29) is 54.4 Å². The van der Waals surface area contributed by atoms with E-state index >= 15 is 0 Å². The summed E-state index contributed by atoms with van der Waals surface area (Å²) in [6.45, 7) is 0.238. The third-order valence-electron chi connectivity index (χ3n) is 8.91. The minimum Gasteiger partial charge on any atom is -0.481 e. The highest BCUT2D eigenvalue weighted by atomic mass is 32.1. The Bertz CT molecular complexity index is 2300. The number of Topliss-reactive ketones (excluding diaryl/α,β-unsaturated/α-hetero) is 2. The van der Waals surface area contributed by atoms with Crippen molar-refractivity contribution >= 4 is 88.5 Å². The van der Waals surface area contributed by atoms with Gasteiger partial charge in [-0.05, 0) is 50.1 Å². The second-order valence-electron chi connectivity index (χ2n) is 14.0. The maximum absolute atomic E-state index is 13.4. The summed E-state index contributed by atoms with van der Waals surface area (Å²) in [6, 6.07) is -2.35. The zero-order valence-corrected chi connectivity index (χ0v) is 35.1. The number of thiol groups is 1. The SMILES string of the molecule is Nc1nc2ncc(CNc3ccc(C(=O)N[C@@H](CCC(=O)NC(=O)[C@H](CC(=O)O)NN[C@@H](CCCNC(N)N)C(=O)N[C@@H](CC(=O)O)C(=O)C(=O)[C@@H](N)CS)C(=O)O)cc3)nc2c(=O)[nH]1. The number of hydrogen-bond donors (Lipinski definition) is 16. The molecule has 0 saturated carbocycles. The topological polar surface area (TPSA) is 474 Å². The van der Waals surface area contributed by atoms with Crippen LogP contribution < -0.4 is 65.9 Å². The molecule has 3 aromatic rings. The molecule has 19 N–H and O–H groups in total. The monoisotopic (exact) mass is 931 g/mol. The molecule has 1 aromatic carbocycles. The van der Waals surface area contributed by atoms with Crippen molar-refractivity contribution in [2.45, 2.75) is 81.6 Å². The Morgan fingerprint density at radius 1 is 0.785 bits per heavy atom. The number of aliphatic carboxylic acids is 3. The first-order valence-corrected chi connectivity index (χ1v) is 20.0. The van der Waals surface area contributed by atoms with Crippen LogP contribution in [0.4, 0.5) is 11.6 Å². The number of nitrogen functional groups attached to an aromatic ring is 1. The van der Waals surface area contributed by atoms with Gasteiger partial charge in [0.05, 0.1) is 43.4 Å². The number of aromatic amines is 1. The molecule has 5 atom stereocenters. The van der Waals surface area contributed by atoms with Gasteiger partial charge in [0.2, 0.25) is 35.2 Å². The Morgan fingerprint density at radius 2 is 1.43 bits per heavy atom. The molecule has 0 aliphatic heterocycles. The van der Waals surface area contributed by atoms with Gasteiger partial charge in [-0.25, -0.2) is 25.6 Å². The van der Waals surface area contributed by atoms with Crippen molar-refractivity contribution in [3.8, 4) is 0 Å². The number of nitrogens with two attached hydrogens (primary N) is 4. The zero-order chi connectivity index (χ0) is 48.4. The molecular weight excluding hydrogens is 883 g/mol. The van der Waals surface area contributed by atoms with Gasteiger partial charge in [0.1, 0.15) is 24.4 Å². The molecule has 28 nitrogen and oxygen atoms in total. The van der Waals surface area contributed by atoms with Gasteiger partial charge in [-0.2, -0.15) is 17.6 Å². The summed E-state index contributed by atoms with van der Waals surface area (Å²) < 4.78 is 0. The molecule has 0 bridgehead atoms. The van der Waals surface area contributed by atoms with Gasteiger partial charge in [0.15, 0.2) is 11.2 Å². The molecule has 0 saturated heterocycles. The second kappa shape index (κ2) is 25.3. The zero-order valence-electron chi connectivity index (χ0n) is 34.2. The van der Waals surface area contributed by atoms with Gasteiger partial charge in [0.25, 0.3) is 11.5 Å². The molecule has 3 rings (SSSR count). The normalized spacial score (nSPS) is 13.4. The molecular formula is C36H49N15O13S. The Balaban J connectivity index is 1.61. The summed E-state index contributed by atoms with van der Waals surface area (Å²) in [7, 11) is 0. The third kappa shape index (κ3) is 17.2. The number of ketones is 2. The van der Waals surface area contributed by atoms with Crippen LogP contribution in [0.2, 0.25) is 0 Å². The van der Waals surface area contributed by atoms with Crippen LogP contribution in [0.5, 0.6) is 0 Å². The van der Waals surface area contributed by atoms with Gasteiger partial charge in [-0.15, -0.1) is 0 Å². The highest BCUT2D eigenvalue weighted by Gasteiger charge is 2.34. The van der Waals surface area contributed by atoms with Crippen LogP contribution in [0.3, 0.4) is 0 Å². The highest BCUT2D eigenvalue weighted by Crippen LogP contribution is 2.13. The van der Waals surface area contributed by atoms with Crippen molar-refractivity contribution < 1.29 is 58.5 Å². The summed E-state index contributed by atoms with van der Waals surface area (Å²) in [5, 5.41) is 40.6. The van der Waals surface area contributed by atoms with Crippen LogP contribution in [-0.2, 0) is 44.9 Å². The van der Waals surface area contributed by atoms with Crippen molar-refractivity contribution in [2.24, 2.45) is 17.2 Å². The van der Waals surface area contributed by atoms with Crippen molar-refractivity contribution in [1.82, 2.24) is 52.1 Å².